The minimum Gasteiger partial charge on any atom is -0.390 e. The van der Waals surface area contributed by atoms with E-state index in [2.05, 4.69) is 27.7 Å². The second kappa shape index (κ2) is 8.11. The first-order valence-electron chi connectivity index (χ1n) is 7.13. The Labute approximate surface area is 103 Å². The number of hydrogen-bond donors (Lipinski definition) is 1. The summed E-state index contributed by atoms with van der Waals surface area (Å²) in [6, 6.07) is 0. The molecule has 0 aliphatic rings. The molecule has 2 atom stereocenters. The van der Waals surface area contributed by atoms with Crippen LogP contribution in [0.1, 0.15) is 79.6 Å². The molecule has 0 fully saturated rings. The van der Waals surface area contributed by atoms with Gasteiger partial charge in [0.1, 0.15) is 0 Å². The van der Waals surface area contributed by atoms with Crippen LogP contribution in [0.15, 0.2) is 0 Å². The largest absolute Gasteiger partial charge is 0.390 e. The van der Waals surface area contributed by atoms with Gasteiger partial charge in [-0.2, -0.15) is 0 Å². The summed E-state index contributed by atoms with van der Waals surface area (Å²) >= 11 is 0. The molecule has 0 aromatic heterocycles. The molecule has 0 saturated carbocycles. The van der Waals surface area contributed by atoms with Crippen molar-refractivity contribution in [2.45, 2.75) is 85.2 Å². The number of hydrogen-bond acceptors (Lipinski definition) is 1. The van der Waals surface area contributed by atoms with Crippen LogP contribution in [0.5, 0.6) is 0 Å². The third-order valence-electron chi connectivity index (χ3n) is 3.53. The fourth-order valence-corrected chi connectivity index (χ4v) is 2.27. The van der Waals surface area contributed by atoms with E-state index in [0.717, 1.165) is 19.3 Å². The number of unbranched alkanes of at least 4 members (excludes halogenated alkanes) is 1. The summed E-state index contributed by atoms with van der Waals surface area (Å²) in [5, 5.41) is 10.4. The summed E-state index contributed by atoms with van der Waals surface area (Å²) in [6.07, 6.45) is 8.13. The number of aliphatic hydroxyl groups is 1. The van der Waals surface area contributed by atoms with Gasteiger partial charge in [0.25, 0.3) is 0 Å². The minimum absolute atomic E-state index is 0.446. The van der Waals surface area contributed by atoms with Crippen molar-refractivity contribution in [3.8, 4) is 0 Å². The lowest BCUT2D eigenvalue weighted by Gasteiger charge is -2.29. The molecule has 98 valence electrons. The quantitative estimate of drug-likeness (QED) is 0.602. The van der Waals surface area contributed by atoms with Crippen molar-refractivity contribution in [2.24, 2.45) is 11.8 Å². The SMILES string of the molecule is CCCCC(CC)CC(C)(O)CCC(C)C. The second-order valence-corrected chi connectivity index (χ2v) is 6.05. The third kappa shape index (κ3) is 8.15. The minimum atomic E-state index is -0.446. The molecule has 1 nitrogen and oxygen atoms in total. The molecule has 0 spiro atoms. The van der Waals surface area contributed by atoms with Crippen LogP contribution in [0.25, 0.3) is 0 Å². The standard InChI is InChI=1S/C15H32O/c1-6-8-9-14(7-2)12-15(5,16)11-10-13(3)4/h13-14,16H,6-12H2,1-5H3. The Morgan fingerprint density at radius 2 is 1.75 bits per heavy atom. The maximum Gasteiger partial charge on any atom is 0.0622 e. The molecular weight excluding hydrogens is 196 g/mol. The van der Waals surface area contributed by atoms with Crippen molar-refractivity contribution >= 4 is 0 Å². The molecule has 0 aliphatic heterocycles. The van der Waals surface area contributed by atoms with E-state index < -0.39 is 5.60 Å². The predicted molar refractivity (Wildman–Crippen MR) is 72.6 cm³/mol. The van der Waals surface area contributed by atoms with Crippen molar-refractivity contribution in [1.29, 1.82) is 0 Å². The molecule has 1 heteroatoms. The third-order valence-corrected chi connectivity index (χ3v) is 3.53. The van der Waals surface area contributed by atoms with E-state index in [4.69, 9.17) is 0 Å². The van der Waals surface area contributed by atoms with Crippen molar-refractivity contribution in [2.75, 3.05) is 0 Å². The van der Waals surface area contributed by atoms with Gasteiger partial charge in [0.2, 0.25) is 0 Å². The Hall–Kier alpha value is -0.0400. The van der Waals surface area contributed by atoms with Gasteiger partial charge in [-0.25, -0.2) is 0 Å². The average molecular weight is 228 g/mol. The lowest BCUT2D eigenvalue weighted by molar-refractivity contribution is 0.0184. The van der Waals surface area contributed by atoms with Crippen molar-refractivity contribution in [1.82, 2.24) is 0 Å². The zero-order valence-corrected chi connectivity index (χ0v) is 12.1. The van der Waals surface area contributed by atoms with Gasteiger partial charge >= 0.3 is 0 Å². The van der Waals surface area contributed by atoms with Gasteiger partial charge in [-0.05, 0) is 38.0 Å². The molecule has 1 N–H and O–H groups in total. The van der Waals surface area contributed by atoms with Gasteiger partial charge < -0.3 is 5.11 Å². The smallest absolute Gasteiger partial charge is 0.0622 e. The van der Waals surface area contributed by atoms with E-state index >= 15 is 0 Å². The highest BCUT2D eigenvalue weighted by Gasteiger charge is 2.24. The predicted octanol–water partition coefficient (Wildman–Crippen LogP) is 4.78. The molecule has 0 rings (SSSR count). The summed E-state index contributed by atoms with van der Waals surface area (Å²) in [5.74, 6) is 1.41. The molecule has 0 aromatic rings. The topological polar surface area (TPSA) is 20.2 Å². The van der Waals surface area contributed by atoms with E-state index in [1.54, 1.807) is 0 Å². The van der Waals surface area contributed by atoms with E-state index in [9.17, 15) is 5.11 Å². The molecule has 0 aromatic carbocycles. The van der Waals surface area contributed by atoms with Gasteiger partial charge in [0, 0.05) is 0 Å². The highest BCUT2D eigenvalue weighted by Crippen LogP contribution is 2.28. The summed E-state index contributed by atoms with van der Waals surface area (Å²) in [6.45, 7) is 11.0. The number of rotatable bonds is 9. The maximum atomic E-state index is 10.4. The summed E-state index contributed by atoms with van der Waals surface area (Å²) in [7, 11) is 0. The Morgan fingerprint density at radius 1 is 1.12 bits per heavy atom. The molecule has 0 saturated heterocycles. The van der Waals surface area contributed by atoms with E-state index in [1.165, 1.54) is 25.7 Å². The maximum absolute atomic E-state index is 10.4. The van der Waals surface area contributed by atoms with Crippen molar-refractivity contribution in [3.05, 3.63) is 0 Å². The highest BCUT2D eigenvalue weighted by atomic mass is 16.3. The lowest BCUT2D eigenvalue weighted by Crippen LogP contribution is -2.28. The van der Waals surface area contributed by atoms with Crippen LogP contribution in [0, 0.1) is 11.8 Å². The van der Waals surface area contributed by atoms with E-state index in [1.807, 2.05) is 6.92 Å². The van der Waals surface area contributed by atoms with Crippen molar-refractivity contribution < 1.29 is 5.11 Å². The van der Waals surface area contributed by atoms with Crippen LogP contribution in [0.3, 0.4) is 0 Å². The first kappa shape index (κ1) is 16.0. The molecule has 0 bridgehead atoms. The zero-order valence-electron chi connectivity index (χ0n) is 12.1. The second-order valence-electron chi connectivity index (χ2n) is 6.05. The molecule has 0 aliphatic carbocycles. The average Bonchev–Trinajstić information content (AvgIpc) is 2.21. The molecule has 0 amide bonds. The van der Waals surface area contributed by atoms with Gasteiger partial charge in [0.05, 0.1) is 5.60 Å². The van der Waals surface area contributed by atoms with Crippen LogP contribution >= 0.6 is 0 Å². The fraction of sp³-hybridized carbons (Fsp3) is 1.00. The first-order chi connectivity index (χ1) is 7.41. The Bertz CT molecular complexity index is 161. The Balaban J connectivity index is 3.98. The van der Waals surface area contributed by atoms with Crippen molar-refractivity contribution in [3.63, 3.8) is 0 Å². The lowest BCUT2D eigenvalue weighted by atomic mass is 9.83. The van der Waals surface area contributed by atoms with Crippen LogP contribution < -0.4 is 0 Å². The van der Waals surface area contributed by atoms with Crippen LogP contribution in [0.4, 0.5) is 0 Å². The van der Waals surface area contributed by atoms with E-state index in [0.29, 0.717) is 11.8 Å². The monoisotopic (exact) mass is 228 g/mol. The van der Waals surface area contributed by atoms with Crippen LogP contribution in [-0.4, -0.2) is 10.7 Å². The van der Waals surface area contributed by atoms with Crippen LogP contribution in [0.2, 0.25) is 0 Å². The van der Waals surface area contributed by atoms with Gasteiger partial charge in [0.15, 0.2) is 0 Å². The molecular formula is C15H32O. The normalized spacial score (nSPS) is 17.4. The van der Waals surface area contributed by atoms with E-state index in [-0.39, 0.29) is 0 Å². The fourth-order valence-electron chi connectivity index (χ4n) is 2.27. The Morgan fingerprint density at radius 3 is 2.19 bits per heavy atom. The summed E-state index contributed by atoms with van der Waals surface area (Å²) in [4.78, 5) is 0. The van der Waals surface area contributed by atoms with Crippen LogP contribution in [-0.2, 0) is 0 Å². The molecule has 2 unspecified atom stereocenters. The summed E-state index contributed by atoms with van der Waals surface area (Å²) < 4.78 is 0. The first-order valence-corrected chi connectivity index (χ1v) is 7.13. The van der Waals surface area contributed by atoms with Gasteiger partial charge in [-0.3, -0.25) is 0 Å². The van der Waals surface area contributed by atoms with Gasteiger partial charge in [-0.1, -0.05) is 53.4 Å². The zero-order chi connectivity index (χ0) is 12.6. The van der Waals surface area contributed by atoms with Gasteiger partial charge in [-0.15, -0.1) is 0 Å². The summed E-state index contributed by atoms with van der Waals surface area (Å²) in [5.41, 5.74) is -0.446. The highest BCUT2D eigenvalue weighted by molar-refractivity contribution is 4.77. The molecule has 0 radical (unpaired) electrons. The molecule has 16 heavy (non-hydrogen) atoms. The molecule has 0 heterocycles. The Kier molecular flexibility index (Phi) is 8.09.